The van der Waals surface area contributed by atoms with E-state index in [1.165, 1.54) is 11.3 Å². The second kappa shape index (κ2) is 8.55. The molecular weight excluding hydrogens is 338 g/mol. The third kappa shape index (κ3) is 4.67. The highest BCUT2D eigenvalue weighted by molar-refractivity contribution is 5.92. The van der Waals surface area contributed by atoms with Crippen LogP contribution in [0.1, 0.15) is 12.0 Å². The van der Waals surface area contributed by atoms with Gasteiger partial charge in [0.1, 0.15) is 0 Å². The molecule has 1 N–H and O–H groups in total. The minimum absolute atomic E-state index is 0.0117. The van der Waals surface area contributed by atoms with Crippen LogP contribution in [0.5, 0.6) is 0 Å². The fraction of sp³-hybridized carbons (Fsp3) is 0.409. The van der Waals surface area contributed by atoms with Gasteiger partial charge in [0.25, 0.3) is 0 Å². The summed E-state index contributed by atoms with van der Waals surface area (Å²) in [4.78, 5) is 17.1. The van der Waals surface area contributed by atoms with Gasteiger partial charge < -0.3 is 15.0 Å². The Labute approximate surface area is 160 Å². The van der Waals surface area contributed by atoms with Gasteiger partial charge in [-0.2, -0.15) is 0 Å². The third-order valence-corrected chi connectivity index (χ3v) is 5.42. The number of anilines is 2. The van der Waals surface area contributed by atoms with Crippen LogP contribution in [-0.4, -0.2) is 50.2 Å². The molecule has 5 heteroatoms. The zero-order chi connectivity index (χ0) is 18.5. The van der Waals surface area contributed by atoms with E-state index in [-0.39, 0.29) is 11.8 Å². The van der Waals surface area contributed by atoms with Gasteiger partial charge in [0.05, 0.1) is 12.5 Å². The summed E-state index contributed by atoms with van der Waals surface area (Å²) < 4.78 is 5.29. The van der Waals surface area contributed by atoms with Crippen molar-refractivity contribution in [3.8, 4) is 0 Å². The Bertz CT molecular complexity index is 734. The first-order valence-corrected chi connectivity index (χ1v) is 9.78. The molecule has 0 bridgehead atoms. The van der Waals surface area contributed by atoms with Gasteiger partial charge in [0.2, 0.25) is 5.91 Å². The molecule has 0 unspecified atom stereocenters. The zero-order valence-electron chi connectivity index (χ0n) is 15.6. The van der Waals surface area contributed by atoms with Crippen LogP contribution in [0, 0.1) is 5.92 Å². The zero-order valence-corrected chi connectivity index (χ0v) is 15.6. The number of benzene rings is 2. The van der Waals surface area contributed by atoms with Crippen molar-refractivity contribution < 1.29 is 9.53 Å². The highest BCUT2D eigenvalue weighted by atomic mass is 16.5. The maximum atomic E-state index is 12.2. The first-order valence-electron chi connectivity index (χ1n) is 9.78. The van der Waals surface area contributed by atoms with Crippen molar-refractivity contribution in [1.82, 2.24) is 4.90 Å². The van der Waals surface area contributed by atoms with Gasteiger partial charge in [-0.05, 0) is 36.2 Å². The van der Waals surface area contributed by atoms with Gasteiger partial charge >= 0.3 is 0 Å². The van der Waals surface area contributed by atoms with E-state index in [1.807, 2.05) is 12.1 Å². The van der Waals surface area contributed by atoms with Crippen LogP contribution in [0.15, 0.2) is 54.6 Å². The first kappa shape index (κ1) is 18.0. The standard InChI is InChI=1S/C22H27N3O2/c26-22(19-10-15-27-17-19)23-20-6-8-21(9-7-20)25-13-11-24(12-14-25)16-18-4-2-1-3-5-18/h1-9,19H,10-17H2,(H,23,26)/t19-/m0/s1. The van der Waals surface area contributed by atoms with Crippen LogP contribution in [-0.2, 0) is 16.1 Å². The van der Waals surface area contributed by atoms with E-state index in [0.717, 1.165) is 44.8 Å². The molecule has 2 heterocycles. The summed E-state index contributed by atoms with van der Waals surface area (Å²) in [5, 5.41) is 3.00. The normalized spacial score (nSPS) is 20.6. The molecular formula is C22H27N3O2. The van der Waals surface area contributed by atoms with Gasteiger partial charge in [0, 0.05) is 50.7 Å². The number of hydrogen-bond donors (Lipinski definition) is 1. The van der Waals surface area contributed by atoms with Gasteiger partial charge in [-0.25, -0.2) is 0 Å². The SMILES string of the molecule is O=C(Nc1ccc(N2CCN(Cc3ccccc3)CC2)cc1)[C@H]1CCOC1. The van der Waals surface area contributed by atoms with E-state index >= 15 is 0 Å². The average Bonchev–Trinajstić information content (AvgIpc) is 3.25. The number of amides is 1. The second-order valence-electron chi connectivity index (χ2n) is 7.35. The molecule has 142 valence electrons. The van der Waals surface area contributed by atoms with Gasteiger partial charge in [-0.1, -0.05) is 30.3 Å². The molecule has 0 saturated carbocycles. The smallest absolute Gasteiger partial charge is 0.229 e. The number of piperazine rings is 1. The number of nitrogens with zero attached hydrogens (tertiary/aromatic N) is 2. The summed E-state index contributed by atoms with van der Waals surface area (Å²) in [6.45, 7) is 6.43. The van der Waals surface area contributed by atoms with E-state index in [2.05, 4.69) is 57.6 Å². The van der Waals surface area contributed by atoms with Crippen LogP contribution < -0.4 is 10.2 Å². The van der Waals surface area contributed by atoms with Gasteiger partial charge in [-0.3, -0.25) is 9.69 Å². The molecule has 0 radical (unpaired) electrons. The number of rotatable bonds is 5. The number of carbonyl (C=O) groups is 1. The Morgan fingerprint density at radius 1 is 1.00 bits per heavy atom. The van der Waals surface area contributed by atoms with Crippen molar-refractivity contribution in [2.24, 2.45) is 5.92 Å². The van der Waals surface area contributed by atoms with Crippen LogP contribution in [0.3, 0.4) is 0 Å². The molecule has 27 heavy (non-hydrogen) atoms. The lowest BCUT2D eigenvalue weighted by Gasteiger charge is -2.36. The van der Waals surface area contributed by atoms with Crippen LogP contribution in [0.4, 0.5) is 11.4 Å². The molecule has 1 amide bonds. The molecule has 2 saturated heterocycles. The van der Waals surface area contributed by atoms with E-state index in [0.29, 0.717) is 13.2 Å². The number of ether oxygens (including phenoxy) is 1. The van der Waals surface area contributed by atoms with E-state index in [4.69, 9.17) is 4.74 Å². The highest BCUT2D eigenvalue weighted by Gasteiger charge is 2.23. The molecule has 2 aromatic rings. The molecule has 2 fully saturated rings. The van der Waals surface area contributed by atoms with Crippen LogP contribution >= 0.6 is 0 Å². The Morgan fingerprint density at radius 2 is 1.74 bits per heavy atom. The maximum Gasteiger partial charge on any atom is 0.229 e. The average molecular weight is 365 g/mol. The van der Waals surface area contributed by atoms with Crippen molar-refractivity contribution in [2.75, 3.05) is 49.6 Å². The lowest BCUT2D eigenvalue weighted by Crippen LogP contribution is -2.45. The van der Waals surface area contributed by atoms with Crippen molar-refractivity contribution >= 4 is 17.3 Å². The predicted molar refractivity (Wildman–Crippen MR) is 108 cm³/mol. The quantitative estimate of drug-likeness (QED) is 0.885. The number of nitrogens with one attached hydrogen (secondary N) is 1. The Balaban J connectivity index is 1.27. The summed E-state index contributed by atoms with van der Waals surface area (Å²) in [5.41, 5.74) is 3.45. The summed E-state index contributed by atoms with van der Waals surface area (Å²) >= 11 is 0. The second-order valence-corrected chi connectivity index (χ2v) is 7.35. The maximum absolute atomic E-state index is 12.2. The molecule has 0 aliphatic carbocycles. The largest absolute Gasteiger partial charge is 0.381 e. The predicted octanol–water partition coefficient (Wildman–Crippen LogP) is 2.98. The van der Waals surface area contributed by atoms with Crippen molar-refractivity contribution in [2.45, 2.75) is 13.0 Å². The lowest BCUT2D eigenvalue weighted by molar-refractivity contribution is -0.119. The van der Waals surface area contributed by atoms with Gasteiger partial charge in [0.15, 0.2) is 0 Å². The fourth-order valence-electron chi connectivity index (χ4n) is 3.75. The van der Waals surface area contributed by atoms with Crippen molar-refractivity contribution in [3.05, 3.63) is 60.2 Å². The third-order valence-electron chi connectivity index (χ3n) is 5.42. The first-order chi connectivity index (χ1) is 13.3. The minimum atomic E-state index is -0.0117. The van der Waals surface area contributed by atoms with E-state index in [1.54, 1.807) is 0 Å². The topological polar surface area (TPSA) is 44.8 Å². The minimum Gasteiger partial charge on any atom is -0.381 e. The molecule has 2 aromatic carbocycles. The van der Waals surface area contributed by atoms with E-state index < -0.39 is 0 Å². The lowest BCUT2D eigenvalue weighted by atomic mass is 10.1. The van der Waals surface area contributed by atoms with E-state index in [9.17, 15) is 4.79 Å². The monoisotopic (exact) mass is 365 g/mol. The molecule has 0 spiro atoms. The van der Waals surface area contributed by atoms with Crippen molar-refractivity contribution in [3.63, 3.8) is 0 Å². The summed E-state index contributed by atoms with van der Waals surface area (Å²) in [7, 11) is 0. The Morgan fingerprint density at radius 3 is 2.41 bits per heavy atom. The summed E-state index contributed by atoms with van der Waals surface area (Å²) in [6, 6.07) is 18.9. The molecule has 2 aliphatic rings. The molecule has 1 atom stereocenters. The summed E-state index contributed by atoms with van der Waals surface area (Å²) in [5.74, 6) is 0.0529. The highest BCUT2D eigenvalue weighted by Crippen LogP contribution is 2.21. The number of carbonyl (C=O) groups excluding carboxylic acids is 1. The van der Waals surface area contributed by atoms with Crippen LogP contribution in [0.25, 0.3) is 0 Å². The Hall–Kier alpha value is -2.37. The number of hydrogen-bond acceptors (Lipinski definition) is 4. The van der Waals surface area contributed by atoms with Gasteiger partial charge in [-0.15, -0.1) is 0 Å². The molecule has 0 aromatic heterocycles. The fourth-order valence-corrected chi connectivity index (χ4v) is 3.75. The molecule has 4 rings (SSSR count). The molecule has 5 nitrogen and oxygen atoms in total. The Kier molecular flexibility index (Phi) is 5.70. The summed E-state index contributed by atoms with van der Waals surface area (Å²) in [6.07, 6.45) is 0.817. The van der Waals surface area contributed by atoms with Crippen LogP contribution in [0.2, 0.25) is 0 Å². The molecule has 2 aliphatic heterocycles. The van der Waals surface area contributed by atoms with Crippen molar-refractivity contribution in [1.29, 1.82) is 0 Å².